The quantitative estimate of drug-likeness (QED) is 0.514. The molecule has 70 valence electrons. The number of ether oxygens (including phenoxy) is 1. The lowest BCUT2D eigenvalue weighted by molar-refractivity contribution is -0.150. The van der Waals surface area contributed by atoms with E-state index in [1.807, 2.05) is 0 Å². The van der Waals surface area contributed by atoms with E-state index in [-0.39, 0.29) is 0 Å². The number of aliphatic hydroxyl groups is 1. The van der Waals surface area contributed by atoms with Crippen molar-refractivity contribution < 1.29 is 14.6 Å². The summed E-state index contributed by atoms with van der Waals surface area (Å²) in [6, 6.07) is 6.48. The molecule has 0 radical (unpaired) electrons. The molecule has 0 aromatic heterocycles. The average Bonchev–Trinajstić information content (AvgIpc) is 2.15. The van der Waals surface area contributed by atoms with E-state index in [9.17, 15) is 9.90 Å². The van der Waals surface area contributed by atoms with Crippen molar-refractivity contribution in [2.75, 3.05) is 12.8 Å². The minimum atomic E-state index is -1.26. The van der Waals surface area contributed by atoms with Gasteiger partial charge in [0, 0.05) is 5.69 Å². The zero-order valence-electron chi connectivity index (χ0n) is 7.23. The van der Waals surface area contributed by atoms with Crippen LogP contribution in [-0.2, 0) is 9.53 Å². The van der Waals surface area contributed by atoms with E-state index in [0.29, 0.717) is 11.3 Å². The lowest BCUT2D eigenvalue weighted by Crippen LogP contribution is -2.13. The molecule has 0 aliphatic rings. The lowest BCUT2D eigenvalue weighted by atomic mass is 10.1. The van der Waals surface area contributed by atoms with Gasteiger partial charge in [-0.1, -0.05) is 12.1 Å². The van der Waals surface area contributed by atoms with E-state index in [1.165, 1.54) is 13.2 Å². The Balaban J connectivity index is 2.88. The average molecular weight is 181 g/mol. The van der Waals surface area contributed by atoms with Gasteiger partial charge in [-0.25, -0.2) is 4.79 Å². The van der Waals surface area contributed by atoms with Gasteiger partial charge in [0.05, 0.1) is 7.11 Å². The Hall–Kier alpha value is -1.55. The van der Waals surface area contributed by atoms with Crippen LogP contribution in [0, 0.1) is 0 Å². The van der Waals surface area contributed by atoms with E-state index in [2.05, 4.69) is 4.74 Å². The number of nitrogens with two attached hydrogens (primary N) is 1. The van der Waals surface area contributed by atoms with Gasteiger partial charge in [0.1, 0.15) is 0 Å². The van der Waals surface area contributed by atoms with Crippen LogP contribution in [0.2, 0.25) is 0 Å². The van der Waals surface area contributed by atoms with Gasteiger partial charge < -0.3 is 15.6 Å². The summed E-state index contributed by atoms with van der Waals surface area (Å²) in [5.74, 6) is -0.689. The molecule has 0 bridgehead atoms. The highest BCUT2D eigenvalue weighted by atomic mass is 16.5. The molecule has 1 aromatic carbocycles. The van der Waals surface area contributed by atoms with Crippen LogP contribution < -0.4 is 5.73 Å². The van der Waals surface area contributed by atoms with Gasteiger partial charge in [0.15, 0.2) is 6.10 Å². The standard InChI is InChI=1S/C9H11NO3/c1-13-9(12)8(11)6-3-2-4-7(10)5-6/h2-5,8,11H,10H2,1H3/t8-/m0/s1. The Bertz CT molecular complexity index is 311. The molecule has 13 heavy (non-hydrogen) atoms. The Morgan fingerprint density at radius 3 is 2.85 bits per heavy atom. The number of hydrogen-bond acceptors (Lipinski definition) is 4. The van der Waals surface area contributed by atoms with Gasteiger partial charge in [-0.05, 0) is 17.7 Å². The minimum absolute atomic E-state index is 0.437. The van der Waals surface area contributed by atoms with Gasteiger partial charge >= 0.3 is 5.97 Å². The summed E-state index contributed by atoms with van der Waals surface area (Å²) in [5, 5.41) is 9.38. The smallest absolute Gasteiger partial charge is 0.339 e. The van der Waals surface area contributed by atoms with Crippen LogP contribution in [0.4, 0.5) is 5.69 Å². The number of aliphatic hydroxyl groups excluding tert-OH is 1. The third kappa shape index (κ3) is 2.19. The van der Waals surface area contributed by atoms with E-state index in [1.54, 1.807) is 18.2 Å². The first kappa shape index (κ1) is 9.54. The molecule has 0 spiro atoms. The van der Waals surface area contributed by atoms with Crippen LogP contribution >= 0.6 is 0 Å². The van der Waals surface area contributed by atoms with Crippen molar-refractivity contribution in [2.45, 2.75) is 6.10 Å². The van der Waals surface area contributed by atoms with Gasteiger partial charge in [-0.15, -0.1) is 0 Å². The molecule has 0 unspecified atom stereocenters. The highest BCUT2D eigenvalue weighted by Gasteiger charge is 2.17. The second-order valence-corrected chi connectivity index (χ2v) is 2.60. The molecular weight excluding hydrogens is 170 g/mol. The molecule has 1 rings (SSSR count). The number of carbonyl (C=O) groups is 1. The first-order valence-corrected chi connectivity index (χ1v) is 3.76. The van der Waals surface area contributed by atoms with Crippen molar-refractivity contribution in [3.05, 3.63) is 29.8 Å². The van der Waals surface area contributed by atoms with Gasteiger partial charge in [-0.2, -0.15) is 0 Å². The van der Waals surface area contributed by atoms with Crippen LogP contribution in [0.3, 0.4) is 0 Å². The van der Waals surface area contributed by atoms with Crippen molar-refractivity contribution in [1.82, 2.24) is 0 Å². The van der Waals surface area contributed by atoms with Crippen molar-refractivity contribution in [3.8, 4) is 0 Å². The molecule has 0 aliphatic carbocycles. The summed E-state index contributed by atoms with van der Waals surface area (Å²) < 4.78 is 4.38. The summed E-state index contributed by atoms with van der Waals surface area (Å²) >= 11 is 0. The topological polar surface area (TPSA) is 72.5 Å². The summed E-state index contributed by atoms with van der Waals surface area (Å²) in [7, 11) is 1.22. The summed E-state index contributed by atoms with van der Waals surface area (Å²) in [6.45, 7) is 0. The van der Waals surface area contributed by atoms with Crippen LogP contribution in [0.1, 0.15) is 11.7 Å². The maximum atomic E-state index is 10.9. The SMILES string of the molecule is COC(=O)[C@@H](O)c1cccc(N)c1. The van der Waals surface area contributed by atoms with Gasteiger partial charge in [0.25, 0.3) is 0 Å². The molecule has 1 aromatic rings. The number of hydrogen-bond donors (Lipinski definition) is 2. The first-order valence-electron chi connectivity index (χ1n) is 3.76. The monoisotopic (exact) mass is 181 g/mol. The Kier molecular flexibility index (Phi) is 2.87. The molecule has 1 atom stereocenters. The van der Waals surface area contributed by atoms with E-state index in [0.717, 1.165) is 0 Å². The number of nitrogen functional groups attached to an aromatic ring is 1. The predicted molar refractivity (Wildman–Crippen MR) is 47.8 cm³/mol. The Morgan fingerprint density at radius 2 is 2.31 bits per heavy atom. The van der Waals surface area contributed by atoms with Crippen LogP contribution in [-0.4, -0.2) is 18.2 Å². The number of esters is 1. The van der Waals surface area contributed by atoms with Crippen molar-refractivity contribution >= 4 is 11.7 Å². The molecule has 0 fully saturated rings. The molecule has 0 heterocycles. The number of anilines is 1. The maximum Gasteiger partial charge on any atom is 0.339 e. The summed E-state index contributed by atoms with van der Waals surface area (Å²) in [4.78, 5) is 10.9. The zero-order valence-corrected chi connectivity index (χ0v) is 7.23. The molecule has 4 heteroatoms. The van der Waals surface area contributed by atoms with Crippen molar-refractivity contribution in [2.24, 2.45) is 0 Å². The minimum Gasteiger partial charge on any atom is -0.467 e. The molecular formula is C9H11NO3. The Labute approximate surface area is 75.9 Å². The highest BCUT2D eigenvalue weighted by Crippen LogP contribution is 2.16. The second kappa shape index (κ2) is 3.91. The summed E-state index contributed by atoms with van der Waals surface area (Å²) in [5.41, 5.74) is 6.41. The largest absolute Gasteiger partial charge is 0.467 e. The third-order valence-corrected chi connectivity index (χ3v) is 1.65. The number of benzene rings is 1. The molecule has 4 nitrogen and oxygen atoms in total. The third-order valence-electron chi connectivity index (χ3n) is 1.65. The normalized spacial score (nSPS) is 12.2. The van der Waals surface area contributed by atoms with Crippen molar-refractivity contribution in [1.29, 1.82) is 0 Å². The van der Waals surface area contributed by atoms with Crippen LogP contribution in [0.5, 0.6) is 0 Å². The predicted octanol–water partition coefficient (Wildman–Crippen LogP) is 0.475. The number of methoxy groups -OCH3 is 1. The molecule has 0 aliphatic heterocycles. The van der Waals surface area contributed by atoms with Crippen LogP contribution in [0.25, 0.3) is 0 Å². The fourth-order valence-electron chi connectivity index (χ4n) is 0.977. The van der Waals surface area contributed by atoms with E-state index in [4.69, 9.17) is 5.73 Å². The zero-order chi connectivity index (χ0) is 9.84. The van der Waals surface area contributed by atoms with E-state index >= 15 is 0 Å². The first-order chi connectivity index (χ1) is 6.15. The molecule has 0 saturated carbocycles. The van der Waals surface area contributed by atoms with E-state index < -0.39 is 12.1 Å². The number of carbonyl (C=O) groups excluding carboxylic acids is 1. The highest BCUT2D eigenvalue weighted by molar-refractivity contribution is 5.76. The fourth-order valence-corrected chi connectivity index (χ4v) is 0.977. The van der Waals surface area contributed by atoms with Crippen molar-refractivity contribution in [3.63, 3.8) is 0 Å². The lowest BCUT2D eigenvalue weighted by Gasteiger charge is -2.08. The molecule has 0 amide bonds. The molecule has 0 saturated heterocycles. The van der Waals surface area contributed by atoms with Crippen LogP contribution in [0.15, 0.2) is 24.3 Å². The summed E-state index contributed by atoms with van der Waals surface area (Å²) in [6.07, 6.45) is -1.26. The number of rotatable bonds is 2. The van der Waals surface area contributed by atoms with Gasteiger partial charge in [0.2, 0.25) is 0 Å². The second-order valence-electron chi connectivity index (χ2n) is 2.60. The van der Waals surface area contributed by atoms with Gasteiger partial charge in [-0.3, -0.25) is 0 Å². The maximum absolute atomic E-state index is 10.9. The molecule has 3 N–H and O–H groups in total. The fraction of sp³-hybridized carbons (Fsp3) is 0.222. The Morgan fingerprint density at radius 1 is 1.62 bits per heavy atom.